The number of nitrogens with zero attached hydrogens (tertiary/aromatic N) is 1. The SMILES string of the molecule is CN1C2CC[C@@H]1C1=C(C2)O[C@H](c2ccccc2)CC1=O. The van der Waals surface area contributed by atoms with Crippen molar-refractivity contribution < 1.29 is 9.53 Å². The van der Waals surface area contributed by atoms with E-state index in [-0.39, 0.29) is 11.9 Å². The molecule has 104 valence electrons. The highest BCUT2D eigenvalue weighted by atomic mass is 16.5. The highest BCUT2D eigenvalue weighted by molar-refractivity contribution is 5.98. The van der Waals surface area contributed by atoms with E-state index < -0.39 is 0 Å². The fourth-order valence-electron chi connectivity index (χ4n) is 3.91. The molecule has 0 amide bonds. The zero-order chi connectivity index (χ0) is 13.7. The summed E-state index contributed by atoms with van der Waals surface area (Å²) in [4.78, 5) is 14.9. The first-order chi connectivity index (χ1) is 9.74. The number of hydrogen-bond donors (Lipinski definition) is 0. The molecule has 20 heavy (non-hydrogen) atoms. The quantitative estimate of drug-likeness (QED) is 0.785. The lowest BCUT2D eigenvalue weighted by molar-refractivity contribution is -0.121. The van der Waals surface area contributed by atoms with E-state index in [1.165, 1.54) is 6.42 Å². The van der Waals surface area contributed by atoms with Gasteiger partial charge in [-0.15, -0.1) is 0 Å². The zero-order valence-corrected chi connectivity index (χ0v) is 11.7. The molecule has 1 unspecified atom stereocenters. The monoisotopic (exact) mass is 269 g/mol. The molecule has 0 aliphatic carbocycles. The minimum absolute atomic E-state index is 0.0924. The summed E-state index contributed by atoms with van der Waals surface area (Å²) in [6.07, 6.45) is 3.58. The van der Waals surface area contributed by atoms with Crippen LogP contribution in [0, 0.1) is 0 Å². The average Bonchev–Trinajstić information content (AvgIpc) is 2.72. The number of fused-ring (bicyclic) bond motifs is 3. The highest BCUT2D eigenvalue weighted by Gasteiger charge is 2.45. The van der Waals surface area contributed by atoms with Gasteiger partial charge in [-0.05, 0) is 25.5 Å². The molecule has 0 aromatic heterocycles. The Morgan fingerprint density at radius 3 is 2.75 bits per heavy atom. The Morgan fingerprint density at radius 2 is 1.95 bits per heavy atom. The lowest BCUT2D eigenvalue weighted by atomic mass is 9.89. The molecule has 1 fully saturated rings. The molecule has 2 bridgehead atoms. The van der Waals surface area contributed by atoms with Gasteiger partial charge in [0.25, 0.3) is 0 Å². The molecule has 3 aliphatic heterocycles. The molecule has 0 spiro atoms. The van der Waals surface area contributed by atoms with E-state index in [4.69, 9.17) is 4.74 Å². The summed E-state index contributed by atoms with van der Waals surface area (Å²) in [5, 5.41) is 0. The van der Waals surface area contributed by atoms with Gasteiger partial charge in [0.15, 0.2) is 5.78 Å². The van der Waals surface area contributed by atoms with Crippen molar-refractivity contribution in [2.45, 2.75) is 43.9 Å². The van der Waals surface area contributed by atoms with Crippen molar-refractivity contribution in [3.05, 3.63) is 47.2 Å². The normalized spacial score (nSPS) is 33.0. The number of hydrogen-bond acceptors (Lipinski definition) is 3. The Bertz CT molecular complexity index is 578. The third kappa shape index (κ3) is 1.73. The summed E-state index contributed by atoms with van der Waals surface area (Å²) < 4.78 is 6.21. The van der Waals surface area contributed by atoms with Crippen molar-refractivity contribution in [1.82, 2.24) is 4.90 Å². The number of ether oxygens (including phenoxy) is 1. The maximum absolute atomic E-state index is 12.6. The Hall–Kier alpha value is -1.61. The molecule has 1 aromatic rings. The van der Waals surface area contributed by atoms with Gasteiger partial charge in [-0.2, -0.15) is 0 Å². The Labute approximate surface area is 119 Å². The van der Waals surface area contributed by atoms with Crippen LogP contribution in [0.2, 0.25) is 0 Å². The largest absolute Gasteiger partial charge is 0.489 e. The second-order valence-corrected chi connectivity index (χ2v) is 6.10. The van der Waals surface area contributed by atoms with Crippen molar-refractivity contribution >= 4 is 5.78 Å². The summed E-state index contributed by atoms with van der Waals surface area (Å²) >= 11 is 0. The Kier molecular flexibility index (Phi) is 2.71. The molecule has 0 radical (unpaired) electrons. The predicted octanol–water partition coefficient (Wildman–Crippen LogP) is 2.84. The Morgan fingerprint density at radius 1 is 1.15 bits per heavy atom. The first kappa shape index (κ1) is 12.2. The highest BCUT2D eigenvalue weighted by Crippen LogP contribution is 2.44. The molecule has 3 heteroatoms. The van der Waals surface area contributed by atoms with Crippen LogP contribution in [-0.2, 0) is 9.53 Å². The molecule has 4 rings (SSSR count). The van der Waals surface area contributed by atoms with E-state index in [0.717, 1.165) is 29.7 Å². The smallest absolute Gasteiger partial charge is 0.167 e. The maximum Gasteiger partial charge on any atom is 0.167 e. The standard InChI is InChI=1S/C17H19NO2/c1-18-12-7-8-13(18)17-14(19)10-15(20-16(17)9-12)11-5-3-2-4-6-11/h2-6,12-13,15H,7-10H2,1H3/t12?,13-,15+/m1/s1. The van der Waals surface area contributed by atoms with Gasteiger partial charge in [0.1, 0.15) is 11.9 Å². The van der Waals surface area contributed by atoms with E-state index in [1.807, 2.05) is 30.3 Å². The van der Waals surface area contributed by atoms with Crippen LogP contribution in [0.1, 0.15) is 37.4 Å². The molecule has 0 N–H and O–H groups in total. The van der Waals surface area contributed by atoms with Gasteiger partial charge in [0.05, 0.1) is 12.0 Å². The summed E-state index contributed by atoms with van der Waals surface area (Å²) in [5.74, 6) is 1.26. The van der Waals surface area contributed by atoms with Crippen molar-refractivity contribution in [3.8, 4) is 0 Å². The zero-order valence-electron chi connectivity index (χ0n) is 11.7. The second-order valence-electron chi connectivity index (χ2n) is 6.10. The van der Waals surface area contributed by atoms with Crippen LogP contribution in [-0.4, -0.2) is 29.8 Å². The predicted molar refractivity (Wildman–Crippen MR) is 76.1 cm³/mol. The van der Waals surface area contributed by atoms with E-state index in [1.54, 1.807) is 0 Å². The number of benzene rings is 1. The van der Waals surface area contributed by atoms with Crippen LogP contribution in [0.5, 0.6) is 0 Å². The second kappa shape index (κ2) is 4.45. The number of carbonyl (C=O) groups excluding carboxylic acids is 1. The summed E-state index contributed by atoms with van der Waals surface area (Å²) in [5.41, 5.74) is 2.08. The molecule has 3 aliphatic rings. The third-order valence-electron chi connectivity index (χ3n) is 5.02. The minimum Gasteiger partial charge on any atom is -0.489 e. The summed E-state index contributed by atoms with van der Waals surface area (Å²) in [6, 6.07) is 11.0. The lowest BCUT2D eigenvalue weighted by Gasteiger charge is -2.38. The van der Waals surface area contributed by atoms with Crippen LogP contribution in [0.15, 0.2) is 41.7 Å². The van der Waals surface area contributed by atoms with Gasteiger partial charge in [0.2, 0.25) is 0 Å². The van der Waals surface area contributed by atoms with Gasteiger partial charge >= 0.3 is 0 Å². The van der Waals surface area contributed by atoms with Gasteiger partial charge in [0, 0.05) is 18.5 Å². The van der Waals surface area contributed by atoms with Gasteiger partial charge in [-0.3, -0.25) is 9.69 Å². The molecule has 1 saturated heterocycles. The van der Waals surface area contributed by atoms with E-state index >= 15 is 0 Å². The minimum atomic E-state index is -0.0924. The molecule has 0 saturated carbocycles. The first-order valence-corrected chi connectivity index (χ1v) is 7.44. The van der Waals surface area contributed by atoms with Crippen LogP contribution in [0.4, 0.5) is 0 Å². The molecular formula is C17H19NO2. The molecule has 1 aromatic carbocycles. The number of likely N-dealkylation sites (N-methyl/N-ethyl adjacent to an activating group) is 1. The van der Waals surface area contributed by atoms with Gasteiger partial charge in [-0.25, -0.2) is 0 Å². The maximum atomic E-state index is 12.6. The molecule has 3 heterocycles. The third-order valence-corrected chi connectivity index (χ3v) is 5.02. The van der Waals surface area contributed by atoms with Crippen LogP contribution >= 0.6 is 0 Å². The fraction of sp³-hybridized carbons (Fsp3) is 0.471. The van der Waals surface area contributed by atoms with E-state index in [9.17, 15) is 4.79 Å². The van der Waals surface area contributed by atoms with Crippen molar-refractivity contribution in [2.75, 3.05) is 7.05 Å². The van der Waals surface area contributed by atoms with Gasteiger partial charge in [-0.1, -0.05) is 30.3 Å². The lowest BCUT2D eigenvalue weighted by Crippen LogP contribution is -2.42. The summed E-state index contributed by atoms with van der Waals surface area (Å²) in [6.45, 7) is 0. The van der Waals surface area contributed by atoms with Crippen molar-refractivity contribution in [2.24, 2.45) is 0 Å². The molecule has 3 nitrogen and oxygen atoms in total. The van der Waals surface area contributed by atoms with E-state index in [0.29, 0.717) is 18.5 Å². The fourth-order valence-corrected chi connectivity index (χ4v) is 3.91. The summed E-state index contributed by atoms with van der Waals surface area (Å²) in [7, 11) is 2.14. The van der Waals surface area contributed by atoms with Gasteiger partial charge < -0.3 is 4.74 Å². The van der Waals surface area contributed by atoms with Crippen LogP contribution in [0.3, 0.4) is 0 Å². The first-order valence-electron chi connectivity index (χ1n) is 7.44. The Balaban J connectivity index is 1.68. The number of Topliss-reactive ketones (excluding diaryl/α,β-unsaturated/α-hetero) is 1. The van der Waals surface area contributed by atoms with E-state index in [2.05, 4.69) is 11.9 Å². The molecular weight excluding hydrogens is 250 g/mol. The molecule has 3 atom stereocenters. The average molecular weight is 269 g/mol. The van der Waals surface area contributed by atoms with Crippen LogP contribution < -0.4 is 0 Å². The van der Waals surface area contributed by atoms with Crippen molar-refractivity contribution in [1.29, 1.82) is 0 Å². The topological polar surface area (TPSA) is 29.5 Å². The number of carbonyl (C=O) groups is 1. The van der Waals surface area contributed by atoms with Crippen molar-refractivity contribution in [3.63, 3.8) is 0 Å². The number of ketones is 1. The number of rotatable bonds is 1. The van der Waals surface area contributed by atoms with Crippen LogP contribution in [0.25, 0.3) is 0 Å².